The maximum absolute atomic E-state index is 12.9. The van der Waals surface area contributed by atoms with Gasteiger partial charge in [-0.15, -0.1) is 11.3 Å². The molecule has 2 heterocycles. The highest BCUT2D eigenvalue weighted by Gasteiger charge is 2.43. The van der Waals surface area contributed by atoms with E-state index in [-0.39, 0.29) is 11.4 Å². The average Bonchev–Trinajstić information content (AvgIpc) is 3.22. The van der Waals surface area contributed by atoms with Gasteiger partial charge in [-0.25, -0.2) is 0 Å². The molecular weight excluding hydrogens is 322 g/mol. The van der Waals surface area contributed by atoms with Crippen LogP contribution in [0.4, 0.5) is 0 Å². The highest BCUT2D eigenvalue weighted by atomic mass is 32.1. The molecule has 1 N–H and O–H groups in total. The normalized spacial score (nSPS) is 17.6. The SMILES string of the molecule is CCCCN1C(=O)C(O)=C(C(=O)c2cccs2)C1c1ccccc1. The third kappa shape index (κ3) is 2.87. The molecule has 24 heavy (non-hydrogen) atoms. The number of Topliss-reactive ketones (excluding diaryl/α,β-unsaturated/α-hetero) is 1. The van der Waals surface area contributed by atoms with E-state index in [9.17, 15) is 14.7 Å². The van der Waals surface area contributed by atoms with E-state index < -0.39 is 17.7 Å². The molecule has 0 fully saturated rings. The number of amides is 1. The van der Waals surface area contributed by atoms with Gasteiger partial charge in [0.1, 0.15) is 0 Å². The Morgan fingerprint density at radius 2 is 1.96 bits per heavy atom. The number of aliphatic hydroxyl groups is 1. The first kappa shape index (κ1) is 16.5. The molecule has 1 unspecified atom stereocenters. The number of unbranched alkanes of at least 4 members (excludes halogenated alkanes) is 1. The molecule has 1 aliphatic rings. The Bertz CT molecular complexity index is 765. The molecule has 1 amide bonds. The summed E-state index contributed by atoms with van der Waals surface area (Å²) in [6.07, 6.45) is 1.75. The van der Waals surface area contributed by atoms with Crippen LogP contribution in [0.5, 0.6) is 0 Å². The van der Waals surface area contributed by atoms with Crippen LogP contribution in [0.25, 0.3) is 0 Å². The number of ketones is 1. The van der Waals surface area contributed by atoms with Crippen molar-refractivity contribution < 1.29 is 14.7 Å². The molecule has 4 nitrogen and oxygen atoms in total. The van der Waals surface area contributed by atoms with Crippen molar-refractivity contribution >= 4 is 23.0 Å². The molecule has 1 atom stereocenters. The van der Waals surface area contributed by atoms with Crippen LogP contribution >= 0.6 is 11.3 Å². The second-order valence-electron chi connectivity index (χ2n) is 5.73. The van der Waals surface area contributed by atoms with Crippen LogP contribution in [-0.2, 0) is 4.79 Å². The molecular formula is C19H19NO3S. The van der Waals surface area contributed by atoms with Gasteiger partial charge in [0, 0.05) is 6.54 Å². The summed E-state index contributed by atoms with van der Waals surface area (Å²) < 4.78 is 0. The topological polar surface area (TPSA) is 57.6 Å². The number of thiophene rings is 1. The van der Waals surface area contributed by atoms with Crippen LogP contribution in [0.2, 0.25) is 0 Å². The van der Waals surface area contributed by atoms with Gasteiger partial charge in [-0.1, -0.05) is 49.7 Å². The van der Waals surface area contributed by atoms with Gasteiger partial charge < -0.3 is 10.0 Å². The summed E-state index contributed by atoms with van der Waals surface area (Å²) in [6.45, 7) is 2.56. The predicted molar refractivity (Wildman–Crippen MR) is 94.1 cm³/mol. The third-order valence-corrected chi connectivity index (χ3v) is 5.03. The lowest BCUT2D eigenvalue weighted by Gasteiger charge is -2.26. The van der Waals surface area contributed by atoms with Crippen molar-refractivity contribution in [1.82, 2.24) is 4.90 Å². The molecule has 0 radical (unpaired) electrons. The second kappa shape index (κ2) is 7.01. The van der Waals surface area contributed by atoms with E-state index >= 15 is 0 Å². The minimum Gasteiger partial charge on any atom is -0.503 e. The van der Waals surface area contributed by atoms with Crippen molar-refractivity contribution in [3.8, 4) is 0 Å². The minimum atomic E-state index is -0.528. The lowest BCUT2D eigenvalue weighted by atomic mass is 9.95. The van der Waals surface area contributed by atoms with Gasteiger partial charge >= 0.3 is 0 Å². The Labute approximate surface area is 145 Å². The van der Waals surface area contributed by atoms with Gasteiger partial charge in [0.15, 0.2) is 5.76 Å². The second-order valence-corrected chi connectivity index (χ2v) is 6.68. The molecule has 2 aromatic rings. The number of hydrogen-bond donors (Lipinski definition) is 1. The molecule has 5 heteroatoms. The van der Waals surface area contributed by atoms with Crippen LogP contribution in [0.1, 0.15) is 41.0 Å². The molecule has 3 rings (SSSR count). The molecule has 1 aliphatic heterocycles. The van der Waals surface area contributed by atoms with Crippen molar-refractivity contribution in [3.63, 3.8) is 0 Å². The summed E-state index contributed by atoms with van der Waals surface area (Å²) in [5.74, 6) is -1.15. The van der Waals surface area contributed by atoms with E-state index in [1.807, 2.05) is 42.6 Å². The van der Waals surface area contributed by atoms with Crippen molar-refractivity contribution in [1.29, 1.82) is 0 Å². The number of carbonyl (C=O) groups is 2. The lowest BCUT2D eigenvalue weighted by molar-refractivity contribution is -0.129. The van der Waals surface area contributed by atoms with Gasteiger partial charge in [-0.2, -0.15) is 0 Å². The number of rotatable bonds is 6. The van der Waals surface area contributed by atoms with Crippen molar-refractivity contribution in [2.24, 2.45) is 0 Å². The molecule has 0 saturated heterocycles. The fourth-order valence-electron chi connectivity index (χ4n) is 2.97. The number of carbonyl (C=O) groups excluding carboxylic acids is 2. The van der Waals surface area contributed by atoms with E-state index in [4.69, 9.17) is 0 Å². The van der Waals surface area contributed by atoms with Crippen LogP contribution < -0.4 is 0 Å². The highest BCUT2D eigenvalue weighted by molar-refractivity contribution is 7.12. The van der Waals surface area contributed by atoms with Crippen LogP contribution in [0, 0.1) is 0 Å². The van der Waals surface area contributed by atoms with Crippen molar-refractivity contribution in [3.05, 3.63) is 69.6 Å². The summed E-state index contributed by atoms with van der Waals surface area (Å²) >= 11 is 1.31. The molecule has 124 valence electrons. The molecule has 0 bridgehead atoms. The van der Waals surface area contributed by atoms with Crippen LogP contribution in [0.3, 0.4) is 0 Å². The largest absolute Gasteiger partial charge is 0.503 e. The Balaban J connectivity index is 2.06. The van der Waals surface area contributed by atoms with E-state index in [0.29, 0.717) is 11.4 Å². The molecule has 1 aromatic heterocycles. The Hall–Kier alpha value is -2.40. The number of nitrogens with zero attached hydrogens (tertiary/aromatic N) is 1. The molecule has 0 saturated carbocycles. The zero-order valence-corrected chi connectivity index (χ0v) is 14.3. The van der Waals surface area contributed by atoms with E-state index in [0.717, 1.165) is 18.4 Å². The van der Waals surface area contributed by atoms with E-state index in [1.165, 1.54) is 11.3 Å². The van der Waals surface area contributed by atoms with Crippen molar-refractivity contribution in [2.45, 2.75) is 25.8 Å². The zero-order valence-electron chi connectivity index (χ0n) is 13.4. The lowest BCUT2D eigenvalue weighted by Crippen LogP contribution is -2.32. The minimum absolute atomic E-state index is 0.185. The first-order valence-corrected chi connectivity index (χ1v) is 8.90. The maximum Gasteiger partial charge on any atom is 0.290 e. The fourth-order valence-corrected chi connectivity index (χ4v) is 3.64. The van der Waals surface area contributed by atoms with Gasteiger partial charge in [0.25, 0.3) is 5.91 Å². The maximum atomic E-state index is 12.9. The van der Waals surface area contributed by atoms with E-state index in [2.05, 4.69) is 0 Å². The smallest absolute Gasteiger partial charge is 0.290 e. The first-order valence-electron chi connectivity index (χ1n) is 8.02. The summed E-state index contributed by atoms with van der Waals surface area (Å²) in [5.41, 5.74) is 1.02. The number of benzene rings is 1. The quantitative estimate of drug-likeness (QED) is 0.804. The Kier molecular flexibility index (Phi) is 4.81. The van der Waals surface area contributed by atoms with Gasteiger partial charge in [-0.05, 0) is 23.4 Å². The van der Waals surface area contributed by atoms with E-state index in [1.54, 1.807) is 17.0 Å². The van der Waals surface area contributed by atoms with Gasteiger partial charge in [0.05, 0.1) is 16.5 Å². The van der Waals surface area contributed by atoms with Crippen LogP contribution in [0.15, 0.2) is 59.2 Å². The fraction of sp³-hybridized carbons (Fsp3) is 0.263. The van der Waals surface area contributed by atoms with Crippen LogP contribution in [-0.4, -0.2) is 28.2 Å². The summed E-state index contributed by atoms with van der Waals surface area (Å²) in [4.78, 5) is 27.6. The summed E-state index contributed by atoms with van der Waals surface area (Å²) in [7, 11) is 0. The average molecular weight is 341 g/mol. The summed E-state index contributed by atoms with van der Waals surface area (Å²) in [6, 6.07) is 12.4. The zero-order chi connectivity index (χ0) is 17.1. The summed E-state index contributed by atoms with van der Waals surface area (Å²) in [5, 5.41) is 12.2. The number of aliphatic hydroxyl groups excluding tert-OH is 1. The molecule has 0 spiro atoms. The van der Waals surface area contributed by atoms with Gasteiger partial charge in [-0.3, -0.25) is 9.59 Å². The predicted octanol–water partition coefficient (Wildman–Crippen LogP) is 4.13. The van der Waals surface area contributed by atoms with Crippen molar-refractivity contribution in [2.75, 3.05) is 6.54 Å². The third-order valence-electron chi connectivity index (χ3n) is 4.16. The van der Waals surface area contributed by atoms with Gasteiger partial charge in [0.2, 0.25) is 5.78 Å². The molecule has 0 aliphatic carbocycles. The highest BCUT2D eigenvalue weighted by Crippen LogP contribution is 2.39. The first-order chi connectivity index (χ1) is 11.6. The number of hydrogen-bond acceptors (Lipinski definition) is 4. The Morgan fingerprint density at radius 1 is 1.21 bits per heavy atom. The standard InChI is InChI=1S/C19H19NO3S/c1-2-3-11-20-16(13-8-5-4-6-9-13)15(18(22)19(20)23)17(21)14-10-7-12-24-14/h4-10,12,16,22H,2-3,11H2,1H3. The molecule has 1 aromatic carbocycles. The Morgan fingerprint density at radius 3 is 2.58 bits per heavy atom. The monoisotopic (exact) mass is 341 g/mol.